The summed E-state index contributed by atoms with van der Waals surface area (Å²) in [7, 11) is 0. The van der Waals surface area contributed by atoms with Gasteiger partial charge in [0.2, 0.25) is 5.91 Å². The van der Waals surface area contributed by atoms with Crippen LogP contribution in [0.25, 0.3) is 11.1 Å². The van der Waals surface area contributed by atoms with Crippen LogP contribution in [0.4, 0.5) is 4.79 Å². The van der Waals surface area contributed by atoms with E-state index in [0.717, 1.165) is 28.7 Å². The van der Waals surface area contributed by atoms with Crippen molar-refractivity contribution in [2.75, 3.05) is 13.2 Å². The number of aliphatic carboxylic acids is 1. The van der Waals surface area contributed by atoms with Crippen LogP contribution in [0.3, 0.4) is 0 Å². The average Bonchev–Trinajstić information content (AvgIpc) is 3.09. The zero-order chi connectivity index (χ0) is 24.5. The van der Waals surface area contributed by atoms with Gasteiger partial charge in [-0.3, -0.25) is 4.79 Å². The maximum Gasteiger partial charge on any atom is 0.407 e. The van der Waals surface area contributed by atoms with E-state index >= 15 is 0 Å². The maximum atomic E-state index is 12.8. The number of likely N-dealkylation sites (tertiary alicyclic amines) is 1. The molecule has 1 aliphatic carbocycles. The highest BCUT2D eigenvalue weighted by molar-refractivity contribution is 5.87. The summed E-state index contributed by atoms with van der Waals surface area (Å²) in [5, 5.41) is 12.3. The summed E-state index contributed by atoms with van der Waals surface area (Å²) < 4.78 is 5.62. The van der Waals surface area contributed by atoms with Crippen molar-refractivity contribution < 1.29 is 24.2 Å². The van der Waals surface area contributed by atoms with Crippen molar-refractivity contribution in [2.45, 2.75) is 58.0 Å². The minimum Gasteiger partial charge on any atom is -0.480 e. The Morgan fingerprint density at radius 3 is 2.21 bits per heavy atom. The van der Waals surface area contributed by atoms with Crippen LogP contribution in [0, 0.1) is 5.41 Å². The number of benzene rings is 2. The van der Waals surface area contributed by atoms with E-state index in [9.17, 15) is 19.5 Å². The molecule has 1 saturated heterocycles. The van der Waals surface area contributed by atoms with Crippen LogP contribution in [0.15, 0.2) is 48.5 Å². The van der Waals surface area contributed by atoms with Crippen LogP contribution in [0.5, 0.6) is 0 Å². The predicted octanol–water partition coefficient (Wildman–Crippen LogP) is 4.41. The molecule has 2 N–H and O–H groups in total. The van der Waals surface area contributed by atoms with Gasteiger partial charge in [0.05, 0.1) is 0 Å². The van der Waals surface area contributed by atoms with Gasteiger partial charge in [-0.05, 0) is 28.7 Å². The number of rotatable bonds is 8. The van der Waals surface area contributed by atoms with Crippen LogP contribution in [0.2, 0.25) is 0 Å². The second kappa shape index (κ2) is 9.49. The third kappa shape index (κ3) is 4.52. The Morgan fingerprint density at radius 1 is 1.09 bits per heavy atom. The van der Waals surface area contributed by atoms with E-state index in [1.807, 2.05) is 45.0 Å². The predicted molar refractivity (Wildman–Crippen MR) is 128 cm³/mol. The van der Waals surface area contributed by atoms with E-state index in [1.54, 1.807) is 0 Å². The van der Waals surface area contributed by atoms with Crippen molar-refractivity contribution in [3.63, 3.8) is 0 Å². The molecule has 0 aromatic heterocycles. The lowest BCUT2D eigenvalue weighted by Crippen LogP contribution is -2.67. The van der Waals surface area contributed by atoms with Crippen LogP contribution in [-0.2, 0) is 14.3 Å². The number of nitrogens with zero attached hydrogens (tertiary/aromatic N) is 1. The van der Waals surface area contributed by atoms with Crippen LogP contribution in [0.1, 0.15) is 57.1 Å². The number of ether oxygens (including phenoxy) is 1. The normalized spacial score (nSPS) is 18.9. The van der Waals surface area contributed by atoms with E-state index < -0.39 is 29.6 Å². The van der Waals surface area contributed by atoms with Gasteiger partial charge in [0, 0.05) is 30.3 Å². The monoisotopic (exact) mass is 464 g/mol. The summed E-state index contributed by atoms with van der Waals surface area (Å²) in [6, 6.07) is 15.0. The van der Waals surface area contributed by atoms with Gasteiger partial charge in [0.25, 0.3) is 0 Å². The first-order valence-corrected chi connectivity index (χ1v) is 11.9. The molecular formula is C27H32N2O5. The molecule has 0 radical (unpaired) electrons. The van der Waals surface area contributed by atoms with E-state index in [4.69, 9.17) is 4.74 Å². The van der Waals surface area contributed by atoms with Crippen molar-refractivity contribution in [2.24, 2.45) is 5.41 Å². The van der Waals surface area contributed by atoms with Gasteiger partial charge >= 0.3 is 12.1 Å². The van der Waals surface area contributed by atoms with Crippen LogP contribution in [-0.4, -0.2) is 53.2 Å². The molecule has 180 valence electrons. The number of hydrogen-bond donors (Lipinski definition) is 2. The third-order valence-electron chi connectivity index (χ3n) is 6.91. The van der Waals surface area contributed by atoms with Gasteiger partial charge in [0.1, 0.15) is 12.6 Å². The number of amides is 2. The first kappa shape index (κ1) is 23.8. The Hall–Kier alpha value is -3.35. The lowest BCUT2D eigenvalue weighted by molar-refractivity contribution is -0.172. The number of hydrogen-bond acceptors (Lipinski definition) is 4. The maximum absolute atomic E-state index is 12.8. The molecule has 0 spiro atoms. The lowest BCUT2D eigenvalue weighted by Gasteiger charge is -2.52. The summed E-state index contributed by atoms with van der Waals surface area (Å²) in [6.45, 7) is 6.26. The number of carboxylic acids is 1. The molecule has 2 aromatic carbocycles. The summed E-state index contributed by atoms with van der Waals surface area (Å²) >= 11 is 0. The minimum absolute atomic E-state index is 0.0379. The number of fused-ring (bicyclic) bond motifs is 3. The van der Waals surface area contributed by atoms with Gasteiger partial charge in [-0.2, -0.15) is 0 Å². The Morgan fingerprint density at radius 2 is 1.68 bits per heavy atom. The topological polar surface area (TPSA) is 95.9 Å². The Bertz CT molecular complexity index is 1050. The lowest BCUT2D eigenvalue weighted by atomic mass is 9.74. The summed E-state index contributed by atoms with van der Waals surface area (Å²) in [4.78, 5) is 38.5. The number of carbonyl (C=O) groups excluding carboxylic acids is 2. The van der Waals surface area contributed by atoms with Crippen molar-refractivity contribution in [3.8, 4) is 11.1 Å². The fourth-order valence-electron chi connectivity index (χ4n) is 5.33. The molecule has 7 nitrogen and oxygen atoms in total. The molecule has 4 rings (SSSR count). The highest BCUT2D eigenvalue weighted by atomic mass is 16.5. The third-order valence-corrected chi connectivity index (χ3v) is 6.91. The second-order valence-electron chi connectivity index (χ2n) is 9.91. The SMILES string of the molecule is CCCC(CC(=O)N1CC(C)(C)C1C(=O)O)NC(=O)OCC1c2ccccc2-c2ccccc21. The Labute approximate surface area is 200 Å². The molecule has 0 bridgehead atoms. The molecule has 1 aliphatic heterocycles. The first-order chi connectivity index (χ1) is 16.2. The molecule has 2 aliphatic rings. The smallest absolute Gasteiger partial charge is 0.407 e. The van der Waals surface area contributed by atoms with E-state index in [2.05, 4.69) is 29.6 Å². The van der Waals surface area contributed by atoms with E-state index in [0.29, 0.717) is 13.0 Å². The van der Waals surface area contributed by atoms with Crippen LogP contribution < -0.4 is 5.32 Å². The van der Waals surface area contributed by atoms with Gasteiger partial charge in [0.15, 0.2) is 0 Å². The molecular weight excluding hydrogens is 432 g/mol. The first-order valence-electron chi connectivity index (χ1n) is 11.9. The molecule has 1 heterocycles. The number of carboxylic acid groups (broad SMARTS) is 1. The molecule has 2 atom stereocenters. The Kier molecular flexibility index (Phi) is 6.64. The summed E-state index contributed by atoms with van der Waals surface area (Å²) in [5.41, 5.74) is 4.13. The largest absolute Gasteiger partial charge is 0.480 e. The zero-order valence-electron chi connectivity index (χ0n) is 19.9. The van der Waals surface area contributed by atoms with Gasteiger partial charge < -0.3 is 20.1 Å². The van der Waals surface area contributed by atoms with E-state index in [-0.39, 0.29) is 24.9 Å². The molecule has 34 heavy (non-hydrogen) atoms. The minimum atomic E-state index is -0.999. The zero-order valence-corrected chi connectivity index (χ0v) is 19.9. The van der Waals surface area contributed by atoms with Crippen molar-refractivity contribution in [3.05, 3.63) is 59.7 Å². The van der Waals surface area contributed by atoms with E-state index in [1.165, 1.54) is 4.90 Å². The van der Waals surface area contributed by atoms with Gasteiger partial charge in [-0.25, -0.2) is 9.59 Å². The van der Waals surface area contributed by atoms with Crippen molar-refractivity contribution >= 4 is 18.0 Å². The molecule has 7 heteroatoms. The Balaban J connectivity index is 1.37. The summed E-state index contributed by atoms with van der Waals surface area (Å²) in [6.07, 6.45) is 0.866. The molecule has 2 unspecified atom stereocenters. The second-order valence-corrected chi connectivity index (χ2v) is 9.91. The quantitative estimate of drug-likeness (QED) is 0.604. The highest BCUT2D eigenvalue weighted by Crippen LogP contribution is 2.44. The molecule has 2 amide bonds. The summed E-state index contributed by atoms with van der Waals surface area (Å²) in [5.74, 6) is -1.30. The number of carbonyl (C=O) groups is 3. The van der Waals surface area contributed by atoms with Crippen molar-refractivity contribution in [1.29, 1.82) is 0 Å². The fourth-order valence-corrected chi connectivity index (χ4v) is 5.33. The number of nitrogens with one attached hydrogen (secondary N) is 1. The average molecular weight is 465 g/mol. The molecule has 2 aromatic rings. The standard InChI is InChI=1S/C27H32N2O5/c1-4-9-17(14-23(30)29-16-27(2,3)24(29)25(31)32)28-26(33)34-15-22-20-12-7-5-10-18(20)19-11-6-8-13-21(19)22/h5-8,10-13,17,22,24H,4,9,14-16H2,1-3H3,(H,28,33)(H,31,32). The fraction of sp³-hybridized carbons (Fsp3) is 0.444. The van der Waals surface area contributed by atoms with Crippen LogP contribution >= 0.6 is 0 Å². The van der Waals surface area contributed by atoms with Gasteiger partial charge in [-0.15, -0.1) is 0 Å². The van der Waals surface area contributed by atoms with Gasteiger partial charge in [-0.1, -0.05) is 75.7 Å². The molecule has 1 fully saturated rings. The van der Waals surface area contributed by atoms with Crippen molar-refractivity contribution in [1.82, 2.24) is 10.2 Å². The highest BCUT2D eigenvalue weighted by Gasteiger charge is 2.52. The molecule has 0 saturated carbocycles. The number of alkyl carbamates (subject to hydrolysis) is 1.